The minimum absolute atomic E-state index is 0.613. The summed E-state index contributed by atoms with van der Waals surface area (Å²) in [6.45, 7) is 3.04. The molecule has 1 N–H and O–H groups in total. The van der Waals surface area contributed by atoms with Crippen LogP contribution >= 0.6 is 0 Å². The third-order valence-electron chi connectivity index (χ3n) is 3.60. The minimum Gasteiger partial charge on any atom is -0.315 e. The zero-order valence-corrected chi connectivity index (χ0v) is 11.2. The van der Waals surface area contributed by atoms with Crippen molar-refractivity contribution in [3.63, 3.8) is 0 Å². The number of para-hydroxylation sites is 1. The predicted molar refractivity (Wildman–Crippen MR) is 74.1 cm³/mol. The van der Waals surface area contributed by atoms with Crippen LogP contribution in [0, 0.1) is 0 Å². The van der Waals surface area contributed by atoms with Crippen LogP contribution in [-0.4, -0.2) is 46.1 Å². The fourth-order valence-corrected chi connectivity index (χ4v) is 2.45. The number of aromatic nitrogens is 3. The van der Waals surface area contributed by atoms with Crippen LogP contribution in [0.5, 0.6) is 0 Å². The van der Waals surface area contributed by atoms with Gasteiger partial charge < -0.3 is 5.32 Å². The first-order valence-electron chi connectivity index (χ1n) is 6.70. The van der Waals surface area contributed by atoms with Crippen LogP contribution in [0.15, 0.2) is 36.5 Å². The normalized spacial score (nSPS) is 19.2. The molecule has 0 bridgehead atoms. The molecule has 19 heavy (non-hydrogen) atoms. The van der Waals surface area contributed by atoms with Gasteiger partial charge >= 0.3 is 0 Å². The molecule has 1 unspecified atom stereocenters. The monoisotopic (exact) mass is 257 g/mol. The Bertz CT molecular complexity index is 516. The van der Waals surface area contributed by atoms with E-state index < -0.39 is 0 Å². The van der Waals surface area contributed by atoms with E-state index in [4.69, 9.17) is 0 Å². The van der Waals surface area contributed by atoms with Gasteiger partial charge in [0, 0.05) is 19.1 Å². The molecular formula is C14H19N5. The molecule has 0 spiro atoms. The molecule has 2 heterocycles. The highest BCUT2D eigenvalue weighted by molar-refractivity contribution is 5.28. The smallest absolute Gasteiger partial charge is 0.0971 e. The van der Waals surface area contributed by atoms with E-state index in [9.17, 15) is 0 Å². The standard InChI is InChI=1S/C14H19N5/c1-18(14-7-8-15-10-14)11-12-9-16-19(17-12)13-5-3-2-4-6-13/h2-6,9,14-15H,7-8,10-11H2,1H3. The molecule has 100 valence electrons. The molecule has 0 aliphatic carbocycles. The molecule has 3 rings (SSSR count). The highest BCUT2D eigenvalue weighted by atomic mass is 15.5. The van der Waals surface area contributed by atoms with E-state index in [1.165, 1.54) is 6.42 Å². The van der Waals surface area contributed by atoms with Crippen LogP contribution in [0.2, 0.25) is 0 Å². The molecular weight excluding hydrogens is 238 g/mol. The van der Waals surface area contributed by atoms with E-state index in [-0.39, 0.29) is 0 Å². The van der Waals surface area contributed by atoms with Gasteiger partial charge in [0.1, 0.15) is 0 Å². The van der Waals surface area contributed by atoms with Gasteiger partial charge in [-0.3, -0.25) is 4.90 Å². The first-order chi connectivity index (χ1) is 9.33. The number of hydrogen-bond donors (Lipinski definition) is 1. The van der Waals surface area contributed by atoms with E-state index in [1.54, 1.807) is 4.80 Å². The summed E-state index contributed by atoms with van der Waals surface area (Å²) in [6, 6.07) is 10.6. The first kappa shape index (κ1) is 12.3. The van der Waals surface area contributed by atoms with E-state index in [0.29, 0.717) is 6.04 Å². The Morgan fingerprint density at radius 3 is 2.95 bits per heavy atom. The highest BCUT2D eigenvalue weighted by Gasteiger charge is 2.19. The molecule has 1 aliphatic heterocycles. The van der Waals surface area contributed by atoms with Crippen molar-refractivity contribution in [1.82, 2.24) is 25.2 Å². The number of rotatable bonds is 4. The lowest BCUT2D eigenvalue weighted by molar-refractivity contribution is 0.245. The van der Waals surface area contributed by atoms with Crippen LogP contribution in [0.25, 0.3) is 5.69 Å². The third kappa shape index (κ3) is 2.83. The van der Waals surface area contributed by atoms with Crippen LogP contribution in [0.4, 0.5) is 0 Å². The summed E-state index contributed by atoms with van der Waals surface area (Å²) >= 11 is 0. The lowest BCUT2D eigenvalue weighted by Crippen LogP contribution is -2.33. The van der Waals surface area contributed by atoms with E-state index in [0.717, 1.165) is 31.0 Å². The maximum absolute atomic E-state index is 4.54. The van der Waals surface area contributed by atoms with Gasteiger partial charge in [-0.25, -0.2) is 0 Å². The fourth-order valence-electron chi connectivity index (χ4n) is 2.45. The number of hydrogen-bond acceptors (Lipinski definition) is 4. The van der Waals surface area contributed by atoms with Crippen molar-refractivity contribution >= 4 is 0 Å². The SMILES string of the molecule is CN(Cc1cnn(-c2ccccc2)n1)C1CCNC1. The lowest BCUT2D eigenvalue weighted by atomic mass is 10.2. The van der Waals surface area contributed by atoms with Gasteiger partial charge in [0.2, 0.25) is 0 Å². The Morgan fingerprint density at radius 1 is 1.37 bits per heavy atom. The average molecular weight is 257 g/mol. The summed E-state index contributed by atoms with van der Waals surface area (Å²) in [4.78, 5) is 4.04. The maximum Gasteiger partial charge on any atom is 0.0971 e. The third-order valence-corrected chi connectivity index (χ3v) is 3.60. The predicted octanol–water partition coefficient (Wildman–Crippen LogP) is 1.06. The Morgan fingerprint density at radius 2 is 2.21 bits per heavy atom. The summed E-state index contributed by atoms with van der Waals surface area (Å²) in [6.07, 6.45) is 3.06. The molecule has 0 saturated carbocycles. The molecule has 2 aromatic rings. The van der Waals surface area contributed by atoms with Crippen LogP contribution in [0.1, 0.15) is 12.1 Å². The van der Waals surface area contributed by atoms with Crippen molar-refractivity contribution in [3.05, 3.63) is 42.2 Å². The summed E-state index contributed by atoms with van der Waals surface area (Å²) in [7, 11) is 2.15. The second-order valence-corrected chi connectivity index (χ2v) is 5.02. The number of nitrogens with one attached hydrogen (secondary N) is 1. The Balaban J connectivity index is 1.68. The fraction of sp³-hybridized carbons (Fsp3) is 0.429. The number of likely N-dealkylation sites (N-methyl/N-ethyl adjacent to an activating group) is 1. The maximum atomic E-state index is 4.54. The summed E-state index contributed by atoms with van der Waals surface area (Å²) in [5, 5.41) is 12.3. The Hall–Kier alpha value is -1.72. The molecule has 5 heteroatoms. The molecule has 0 radical (unpaired) electrons. The van der Waals surface area contributed by atoms with E-state index in [1.807, 2.05) is 36.5 Å². The van der Waals surface area contributed by atoms with Gasteiger partial charge in [0.15, 0.2) is 0 Å². The summed E-state index contributed by atoms with van der Waals surface area (Å²) < 4.78 is 0. The highest BCUT2D eigenvalue weighted by Crippen LogP contribution is 2.10. The second-order valence-electron chi connectivity index (χ2n) is 5.02. The van der Waals surface area contributed by atoms with Gasteiger partial charge in [-0.2, -0.15) is 15.0 Å². The molecule has 1 aliphatic rings. The van der Waals surface area contributed by atoms with Crippen molar-refractivity contribution in [3.8, 4) is 5.69 Å². The van der Waals surface area contributed by atoms with Crippen molar-refractivity contribution in [2.75, 3.05) is 20.1 Å². The Kier molecular flexibility index (Phi) is 3.57. The van der Waals surface area contributed by atoms with Crippen molar-refractivity contribution in [2.45, 2.75) is 19.0 Å². The molecule has 1 atom stereocenters. The van der Waals surface area contributed by atoms with Crippen molar-refractivity contribution in [1.29, 1.82) is 0 Å². The van der Waals surface area contributed by atoms with Crippen molar-refractivity contribution in [2.24, 2.45) is 0 Å². The van der Waals surface area contributed by atoms with Gasteiger partial charge in [0.05, 0.1) is 17.6 Å². The van der Waals surface area contributed by atoms with Crippen molar-refractivity contribution < 1.29 is 0 Å². The van der Waals surface area contributed by atoms with E-state index >= 15 is 0 Å². The van der Waals surface area contributed by atoms with Gasteiger partial charge in [0.25, 0.3) is 0 Å². The first-order valence-corrected chi connectivity index (χ1v) is 6.70. The second kappa shape index (κ2) is 5.50. The number of benzene rings is 1. The van der Waals surface area contributed by atoms with Crippen LogP contribution in [-0.2, 0) is 6.54 Å². The summed E-state index contributed by atoms with van der Waals surface area (Å²) in [5.74, 6) is 0. The molecule has 5 nitrogen and oxygen atoms in total. The molecule has 1 aromatic heterocycles. The molecule has 1 fully saturated rings. The number of nitrogens with zero attached hydrogens (tertiary/aromatic N) is 4. The zero-order valence-electron chi connectivity index (χ0n) is 11.2. The van der Waals surface area contributed by atoms with Gasteiger partial charge in [-0.1, -0.05) is 18.2 Å². The lowest BCUT2D eigenvalue weighted by Gasteiger charge is -2.21. The van der Waals surface area contributed by atoms with Gasteiger partial charge in [-0.05, 0) is 32.1 Å². The topological polar surface area (TPSA) is 46.0 Å². The molecule has 0 amide bonds. The van der Waals surface area contributed by atoms with Crippen LogP contribution < -0.4 is 5.32 Å². The Labute approximate surface area is 113 Å². The molecule has 1 aromatic carbocycles. The largest absolute Gasteiger partial charge is 0.315 e. The summed E-state index contributed by atoms with van der Waals surface area (Å²) in [5.41, 5.74) is 2.01. The minimum atomic E-state index is 0.613. The molecule has 1 saturated heterocycles. The van der Waals surface area contributed by atoms with Gasteiger partial charge in [-0.15, -0.1) is 0 Å². The van der Waals surface area contributed by atoms with E-state index in [2.05, 4.69) is 27.5 Å². The quantitative estimate of drug-likeness (QED) is 0.889. The zero-order chi connectivity index (χ0) is 13.1. The van der Waals surface area contributed by atoms with Crippen LogP contribution in [0.3, 0.4) is 0 Å². The average Bonchev–Trinajstić information content (AvgIpc) is 3.11.